The first-order valence-corrected chi connectivity index (χ1v) is 6.33. The molecule has 100 valence electrons. The minimum absolute atomic E-state index is 0.0448. The Morgan fingerprint density at radius 3 is 2.83 bits per heavy atom. The van der Waals surface area contributed by atoms with Crippen molar-refractivity contribution in [1.29, 1.82) is 0 Å². The van der Waals surface area contributed by atoms with Gasteiger partial charge in [-0.3, -0.25) is 4.79 Å². The monoisotopic (exact) mass is 251 g/mol. The van der Waals surface area contributed by atoms with Gasteiger partial charge in [-0.05, 0) is 19.4 Å². The molecule has 0 saturated heterocycles. The zero-order valence-corrected chi connectivity index (χ0v) is 11.0. The zero-order chi connectivity index (χ0) is 13.2. The van der Waals surface area contributed by atoms with Crippen molar-refractivity contribution in [2.24, 2.45) is 0 Å². The lowest BCUT2D eigenvalue weighted by molar-refractivity contribution is -0.120. The van der Waals surface area contributed by atoms with Crippen molar-refractivity contribution < 1.29 is 4.79 Å². The van der Waals surface area contributed by atoms with E-state index in [1.165, 1.54) is 0 Å². The van der Waals surface area contributed by atoms with Crippen molar-refractivity contribution in [3.63, 3.8) is 0 Å². The first kappa shape index (κ1) is 14.2. The molecule has 0 atom stereocenters. The van der Waals surface area contributed by atoms with Crippen molar-refractivity contribution in [3.8, 4) is 0 Å². The van der Waals surface area contributed by atoms with Crippen LogP contribution in [0.4, 0.5) is 11.8 Å². The number of nitrogens with one attached hydrogen (secondary N) is 3. The Balaban J connectivity index is 2.35. The maximum absolute atomic E-state index is 11.2. The van der Waals surface area contributed by atoms with E-state index in [-0.39, 0.29) is 5.91 Å². The Kier molecular flexibility index (Phi) is 6.53. The third-order valence-electron chi connectivity index (χ3n) is 2.22. The number of aromatic nitrogens is 2. The second-order valence-corrected chi connectivity index (χ2v) is 3.82. The fourth-order valence-electron chi connectivity index (χ4n) is 1.37. The zero-order valence-electron chi connectivity index (χ0n) is 11.0. The number of amides is 1. The molecule has 0 unspecified atom stereocenters. The molecule has 1 heterocycles. The third-order valence-corrected chi connectivity index (χ3v) is 2.22. The van der Waals surface area contributed by atoms with Gasteiger partial charge in [0.05, 0.1) is 0 Å². The molecule has 0 aliphatic carbocycles. The van der Waals surface area contributed by atoms with E-state index in [1.807, 2.05) is 6.92 Å². The van der Waals surface area contributed by atoms with Crippen molar-refractivity contribution in [2.45, 2.75) is 26.7 Å². The van der Waals surface area contributed by atoms with Crippen LogP contribution in [0.3, 0.4) is 0 Å². The molecule has 6 nitrogen and oxygen atoms in total. The number of nitrogens with zero attached hydrogens (tertiary/aromatic N) is 2. The summed E-state index contributed by atoms with van der Waals surface area (Å²) in [6.07, 6.45) is 3.16. The standard InChI is InChI=1S/C12H21N5O/c1-3-7-15-12-16-8-5-10(17-12)14-9-6-11(18)13-4-2/h5,8H,3-4,6-7,9H2,1-2H3,(H,13,18)(H2,14,15,16,17). The molecular formula is C12H21N5O. The van der Waals surface area contributed by atoms with Crippen LogP contribution in [0.2, 0.25) is 0 Å². The number of hydrogen-bond acceptors (Lipinski definition) is 5. The second-order valence-electron chi connectivity index (χ2n) is 3.82. The highest BCUT2D eigenvalue weighted by Crippen LogP contribution is 2.05. The van der Waals surface area contributed by atoms with Gasteiger partial charge in [0.1, 0.15) is 5.82 Å². The number of rotatable bonds is 8. The molecule has 18 heavy (non-hydrogen) atoms. The predicted molar refractivity (Wildman–Crippen MR) is 72.6 cm³/mol. The lowest BCUT2D eigenvalue weighted by Gasteiger charge is -2.07. The van der Waals surface area contributed by atoms with E-state index in [1.54, 1.807) is 12.3 Å². The molecule has 1 amide bonds. The van der Waals surface area contributed by atoms with Gasteiger partial charge in [0, 0.05) is 32.3 Å². The van der Waals surface area contributed by atoms with E-state index in [4.69, 9.17) is 0 Å². The van der Waals surface area contributed by atoms with E-state index >= 15 is 0 Å². The second kappa shape index (κ2) is 8.27. The highest BCUT2D eigenvalue weighted by Gasteiger charge is 2.01. The fourth-order valence-corrected chi connectivity index (χ4v) is 1.37. The highest BCUT2D eigenvalue weighted by molar-refractivity contribution is 5.76. The van der Waals surface area contributed by atoms with E-state index < -0.39 is 0 Å². The molecule has 0 radical (unpaired) electrons. The van der Waals surface area contributed by atoms with Crippen LogP contribution in [0, 0.1) is 0 Å². The smallest absolute Gasteiger partial charge is 0.224 e. The van der Waals surface area contributed by atoms with E-state index in [2.05, 4.69) is 32.8 Å². The minimum Gasteiger partial charge on any atom is -0.369 e. The lowest BCUT2D eigenvalue weighted by atomic mass is 10.4. The predicted octanol–water partition coefficient (Wildman–Crippen LogP) is 1.24. The molecule has 1 rings (SSSR count). The van der Waals surface area contributed by atoms with Gasteiger partial charge in [0.2, 0.25) is 11.9 Å². The number of hydrogen-bond donors (Lipinski definition) is 3. The van der Waals surface area contributed by atoms with Crippen molar-refractivity contribution in [3.05, 3.63) is 12.3 Å². The summed E-state index contributed by atoms with van der Waals surface area (Å²) in [5.41, 5.74) is 0. The number of anilines is 2. The van der Waals surface area contributed by atoms with E-state index in [9.17, 15) is 4.79 Å². The van der Waals surface area contributed by atoms with Crippen LogP contribution >= 0.6 is 0 Å². The molecule has 0 bridgehead atoms. The quantitative estimate of drug-likeness (QED) is 0.648. The van der Waals surface area contributed by atoms with Gasteiger partial charge in [-0.25, -0.2) is 4.98 Å². The average molecular weight is 251 g/mol. The molecule has 0 aromatic carbocycles. The Morgan fingerprint density at radius 2 is 2.11 bits per heavy atom. The largest absolute Gasteiger partial charge is 0.369 e. The van der Waals surface area contributed by atoms with E-state index in [0.29, 0.717) is 25.5 Å². The molecule has 3 N–H and O–H groups in total. The molecule has 0 saturated carbocycles. The van der Waals surface area contributed by atoms with Crippen LogP contribution < -0.4 is 16.0 Å². The van der Waals surface area contributed by atoms with Gasteiger partial charge in [0.25, 0.3) is 0 Å². The average Bonchev–Trinajstić information content (AvgIpc) is 2.37. The Bertz CT molecular complexity index is 369. The first-order valence-electron chi connectivity index (χ1n) is 6.33. The van der Waals surface area contributed by atoms with Crippen molar-refractivity contribution in [1.82, 2.24) is 15.3 Å². The molecule has 1 aromatic rings. The summed E-state index contributed by atoms with van der Waals surface area (Å²) < 4.78 is 0. The fraction of sp³-hybridized carbons (Fsp3) is 0.583. The molecule has 6 heteroatoms. The molecule has 0 aliphatic heterocycles. The minimum atomic E-state index is 0.0448. The van der Waals surface area contributed by atoms with Crippen molar-refractivity contribution >= 4 is 17.7 Å². The van der Waals surface area contributed by atoms with Gasteiger partial charge in [-0.15, -0.1) is 0 Å². The molecule has 1 aromatic heterocycles. The Morgan fingerprint density at radius 1 is 1.28 bits per heavy atom. The van der Waals surface area contributed by atoms with Gasteiger partial charge >= 0.3 is 0 Å². The number of carbonyl (C=O) groups excluding carboxylic acids is 1. The summed E-state index contributed by atoms with van der Waals surface area (Å²) in [5.74, 6) is 1.39. The maximum atomic E-state index is 11.2. The van der Waals surface area contributed by atoms with Crippen LogP contribution in [-0.2, 0) is 4.79 Å². The molecular weight excluding hydrogens is 230 g/mol. The van der Waals surface area contributed by atoms with Crippen LogP contribution in [0.1, 0.15) is 26.7 Å². The normalized spacial score (nSPS) is 9.89. The lowest BCUT2D eigenvalue weighted by Crippen LogP contribution is -2.24. The summed E-state index contributed by atoms with van der Waals surface area (Å²) >= 11 is 0. The molecule has 0 spiro atoms. The SMILES string of the molecule is CCCNc1nccc(NCCC(=O)NCC)n1. The highest BCUT2D eigenvalue weighted by atomic mass is 16.1. The van der Waals surface area contributed by atoms with Gasteiger partial charge in [0.15, 0.2) is 0 Å². The van der Waals surface area contributed by atoms with Crippen LogP contribution in [0.15, 0.2) is 12.3 Å². The van der Waals surface area contributed by atoms with Crippen LogP contribution in [0.5, 0.6) is 0 Å². The van der Waals surface area contributed by atoms with Gasteiger partial charge in [-0.2, -0.15) is 4.98 Å². The maximum Gasteiger partial charge on any atom is 0.224 e. The first-order chi connectivity index (χ1) is 8.76. The van der Waals surface area contributed by atoms with Gasteiger partial charge in [-0.1, -0.05) is 6.92 Å². The van der Waals surface area contributed by atoms with Crippen LogP contribution in [0.25, 0.3) is 0 Å². The molecule has 0 aliphatic rings. The molecule has 0 fully saturated rings. The number of carbonyl (C=O) groups is 1. The topological polar surface area (TPSA) is 78.9 Å². The van der Waals surface area contributed by atoms with Gasteiger partial charge < -0.3 is 16.0 Å². The third kappa shape index (κ3) is 5.47. The summed E-state index contributed by atoms with van der Waals surface area (Å²) in [6.45, 7) is 6.07. The van der Waals surface area contributed by atoms with Crippen molar-refractivity contribution in [2.75, 3.05) is 30.3 Å². The Labute approximate surface area is 108 Å². The van der Waals surface area contributed by atoms with E-state index in [0.717, 1.165) is 18.8 Å². The summed E-state index contributed by atoms with van der Waals surface area (Å²) in [6, 6.07) is 1.79. The summed E-state index contributed by atoms with van der Waals surface area (Å²) in [4.78, 5) is 19.6. The van der Waals surface area contributed by atoms with Crippen LogP contribution in [-0.4, -0.2) is 35.5 Å². The Hall–Kier alpha value is -1.85. The summed E-state index contributed by atoms with van der Waals surface area (Å²) in [7, 11) is 0. The summed E-state index contributed by atoms with van der Waals surface area (Å²) in [5, 5.41) is 8.96.